The lowest BCUT2D eigenvalue weighted by molar-refractivity contribution is -0.683. The highest BCUT2D eigenvalue weighted by molar-refractivity contribution is 8.07. The number of fused-ring (bicyclic) bond motifs is 1. The topological polar surface area (TPSA) is 23.5 Å². The molecule has 1 aliphatic carbocycles. The van der Waals surface area contributed by atoms with Crippen LogP contribution in [0.5, 0.6) is 0 Å². The van der Waals surface area contributed by atoms with Gasteiger partial charge in [-0.25, -0.2) is 0 Å². The molecule has 1 saturated carbocycles. The minimum absolute atomic E-state index is 0.776. The molecule has 180 valence electrons. The maximum Gasteiger partial charge on any atom is 0.376 e. The summed E-state index contributed by atoms with van der Waals surface area (Å²) in [6, 6.07) is 8.58. The van der Waals surface area contributed by atoms with Crippen LogP contribution >= 0.6 is 23.5 Å². The van der Waals surface area contributed by atoms with Crippen molar-refractivity contribution < 1.29 is 8.98 Å². The van der Waals surface area contributed by atoms with Gasteiger partial charge in [0.05, 0.1) is 27.5 Å². The van der Waals surface area contributed by atoms with Gasteiger partial charge in [0, 0.05) is 29.8 Å². The van der Waals surface area contributed by atoms with E-state index in [0.717, 1.165) is 24.6 Å². The number of para-hydroxylation sites is 1. The molecule has 3 heterocycles. The summed E-state index contributed by atoms with van der Waals surface area (Å²) in [5.74, 6) is 1.80. The van der Waals surface area contributed by atoms with Crippen LogP contribution in [0, 0.1) is 0 Å². The van der Waals surface area contributed by atoms with E-state index in [1.807, 2.05) is 48.7 Å². The van der Waals surface area contributed by atoms with Crippen molar-refractivity contribution in [2.24, 2.45) is 7.05 Å². The Morgan fingerprint density at radius 1 is 1.14 bits per heavy atom. The smallest absolute Gasteiger partial charge is 0.376 e. The predicted octanol–water partition coefficient (Wildman–Crippen LogP) is 7.25. The number of nitrogens with zero attached hydrogens (tertiary/aromatic N) is 3. The first-order chi connectivity index (χ1) is 17.0. The molecule has 2 fully saturated rings. The molecular formula is C29H32N3OS2+. The normalized spacial score (nSPS) is 20.9. The largest absolute Gasteiger partial charge is 0.398 e. The van der Waals surface area contributed by atoms with Gasteiger partial charge in [-0.2, -0.15) is 4.57 Å². The summed E-state index contributed by atoms with van der Waals surface area (Å²) < 4.78 is 8.45. The summed E-state index contributed by atoms with van der Waals surface area (Å²) in [4.78, 5) is 7.27. The van der Waals surface area contributed by atoms with Gasteiger partial charge in [0.25, 0.3) is 0 Å². The molecule has 1 saturated heterocycles. The number of oxazole rings is 1. The Kier molecular flexibility index (Phi) is 6.85. The van der Waals surface area contributed by atoms with Crippen molar-refractivity contribution in [3.05, 3.63) is 98.7 Å². The molecule has 0 bridgehead atoms. The lowest BCUT2D eigenvalue weighted by Crippen LogP contribution is -2.34. The molecule has 4 nitrogen and oxygen atoms in total. The molecule has 0 N–H and O–H groups in total. The molecule has 1 aromatic carbocycles. The molecule has 0 amide bonds. The zero-order chi connectivity index (χ0) is 24.5. The van der Waals surface area contributed by atoms with E-state index in [2.05, 4.69) is 84.5 Å². The minimum Gasteiger partial charge on any atom is -0.398 e. The highest BCUT2D eigenvalue weighted by Crippen LogP contribution is 2.51. The Bertz CT molecular complexity index is 1320. The Morgan fingerprint density at radius 3 is 2.63 bits per heavy atom. The summed E-state index contributed by atoms with van der Waals surface area (Å²) in [5.41, 5.74) is 5.34. The van der Waals surface area contributed by atoms with E-state index < -0.39 is 0 Å². The van der Waals surface area contributed by atoms with Gasteiger partial charge in [-0.15, -0.1) is 6.58 Å². The van der Waals surface area contributed by atoms with Gasteiger partial charge in [-0.3, -0.25) is 0 Å². The van der Waals surface area contributed by atoms with Crippen LogP contribution in [0.1, 0.15) is 44.0 Å². The first-order valence-corrected chi connectivity index (χ1v) is 13.8. The number of benzene rings is 1. The van der Waals surface area contributed by atoms with Crippen molar-refractivity contribution in [2.75, 3.05) is 18.5 Å². The summed E-state index contributed by atoms with van der Waals surface area (Å²) in [5, 5.41) is 2.42. The predicted molar refractivity (Wildman–Crippen MR) is 150 cm³/mol. The molecule has 5 rings (SSSR count). The molecule has 0 spiro atoms. The van der Waals surface area contributed by atoms with Crippen LogP contribution < -0.4 is 9.47 Å². The molecular weight excluding hydrogens is 470 g/mol. The summed E-state index contributed by atoms with van der Waals surface area (Å²) in [6.45, 7) is 9.01. The Balaban J connectivity index is 1.52. The fraction of sp³-hybridized carbons (Fsp3) is 0.276. The van der Waals surface area contributed by atoms with Gasteiger partial charge < -0.3 is 14.2 Å². The van der Waals surface area contributed by atoms with Gasteiger partial charge in [0.15, 0.2) is 5.76 Å². The third-order valence-electron chi connectivity index (χ3n) is 6.41. The van der Waals surface area contributed by atoms with Crippen LogP contribution in [0.25, 0.3) is 12.2 Å². The molecule has 2 aliphatic heterocycles. The third-order valence-corrected chi connectivity index (χ3v) is 8.69. The molecule has 2 aromatic rings. The lowest BCUT2D eigenvalue weighted by atomic mass is 10.2. The average molecular weight is 503 g/mol. The summed E-state index contributed by atoms with van der Waals surface area (Å²) in [6.07, 6.45) is 16.1. The van der Waals surface area contributed by atoms with E-state index in [9.17, 15) is 0 Å². The van der Waals surface area contributed by atoms with Crippen molar-refractivity contribution in [3.63, 3.8) is 0 Å². The summed E-state index contributed by atoms with van der Waals surface area (Å²) >= 11 is 3.65. The standard InChI is InChI=1S/C29H32N3OS2/c1-6-11-23-21(8-3)30(4)26(33-23)19-28-32(18-7-2)29(20-14-15-20)25(35-28)16-17-27-31(5)22-12-9-10-13-24(22)34-27/h6-7,9-13,16-17,19H,2,8,14-15,18H2,1,3-5H3/q+1/b11-6-,25-16-,27-17-. The van der Waals surface area contributed by atoms with Crippen LogP contribution in [0.2, 0.25) is 0 Å². The second-order valence-corrected chi connectivity index (χ2v) is 10.9. The maximum atomic E-state index is 6.28. The molecule has 6 heteroatoms. The number of hydrogen-bond acceptors (Lipinski definition) is 5. The number of hydrogen-bond donors (Lipinski definition) is 0. The number of allylic oxidation sites excluding steroid dienone is 4. The van der Waals surface area contributed by atoms with Crippen molar-refractivity contribution in [2.45, 2.75) is 38.0 Å². The van der Waals surface area contributed by atoms with E-state index >= 15 is 0 Å². The van der Waals surface area contributed by atoms with Crippen molar-refractivity contribution >= 4 is 41.4 Å². The van der Waals surface area contributed by atoms with Gasteiger partial charge in [-0.1, -0.05) is 54.7 Å². The van der Waals surface area contributed by atoms with E-state index in [1.165, 1.54) is 55.4 Å². The van der Waals surface area contributed by atoms with Crippen molar-refractivity contribution in [1.82, 2.24) is 4.90 Å². The molecule has 0 unspecified atom stereocenters. The number of aromatic nitrogens is 1. The second kappa shape index (κ2) is 10.0. The van der Waals surface area contributed by atoms with E-state index in [0.29, 0.717) is 0 Å². The van der Waals surface area contributed by atoms with Crippen LogP contribution in [0.4, 0.5) is 5.69 Å². The van der Waals surface area contributed by atoms with Crippen molar-refractivity contribution in [1.29, 1.82) is 0 Å². The first kappa shape index (κ1) is 23.9. The Morgan fingerprint density at radius 2 is 1.94 bits per heavy atom. The zero-order valence-electron chi connectivity index (χ0n) is 20.9. The van der Waals surface area contributed by atoms with Crippen LogP contribution in [-0.2, 0) is 13.5 Å². The first-order valence-electron chi connectivity index (χ1n) is 12.1. The van der Waals surface area contributed by atoms with Crippen LogP contribution in [0.3, 0.4) is 0 Å². The Labute approximate surface area is 217 Å². The number of rotatable bonds is 6. The fourth-order valence-electron chi connectivity index (χ4n) is 4.53. The minimum atomic E-state index is 0.776. The molecule has 1 aromatic heterocycles. The monoisotopic (exact) mass is 502 g/mol. The van der Waals surface area contributed by atoms with Crippen LogP contribution in [0.15, 0.2) is 90.7 Å². The van der Waals surface area contributed by atoms with E-state index in [1.54, 1.807) is 0 Å². The van der Waals surface area contributed by atoms with Gasteiger partial charge in [-0.05, 0) is 55.7 Å². The maximum absolute atomic E-state index is 6.28. The van der Waals surface area contributed by atoms with Crippen molar-refractivity contribution in [3.8, 4) is 0 Å². The second-order valence-electron chi connectivity index (χ2n) is 8.76. The highest BCUT2D eigenvalue weighted by Gasteiger charge is 2.35. The zero-order valence-corrected chi connectivity index (χ0v) is 22.5. The number of anilines is 1. The Hall–Kier alpha value is -2.83. The average Bonchev–Trinajstić information content (AvgIpc) is 3.48. The lowest BCUT2D eigenvalue weighted by Gasteiger charge is -2.18. The SMILES string of the molecule is C=CCN1C(=C2CC2)/C(=C/C=C2\Sc3ccccc3N2C)S/C1=C\c1oc(/C=C\C)c(CC)[n+]1C. The molecule has 0 radical (unpaired) electrons. The van der Waals surface area contributed by atoms with Crippen LogP contribution in [-0.4, -0.2) is 18.5 Å². The molecule has 35 heavy (non-hydrogen) atoms. The molecule has 3 aliphatic rings. The highest BCUT2D eigenvalue weighted by atomic mass is 32.2. The van der Waals surface area contributed by atoms with E-state index in [4.69, 9.17) is 4.42 Å². The summed E-state index contributed by atoms with van der Waals surface area (Å²) in [7, 11) is 4.23. The number of thioether (sulfide) groups is 2. The fourth-order valence-corrected chi connectivity index (χ4v) is 6.73. The van der Waals surface area contributed by atoms with Gasteiger partial charge >= 0.3 is 5.89 Å². The van der Waals surface area contributed by atoms with E-state index in [-0.39, 0.29) is 0 Å². The third kappa shape index (κ3) is 4.57. The quantitative estimate of drug-likeness (QED) is 0.306. The molecule has 0 atom stereocenters. The van der Waals surface area contributed by atoms with Gasteiger partial charge in [0.1, 0.15) is 7.05 Å². The van der Waals surface area contributed by atoms with Gasteiger partial charge in [0.2, 0.25) is 5.69 Å².